The summed E-state index contributed by atoms with van der Waals surface area (Å²) >= 11 is 0. The summed E-state index contributed by atoms with van der Waals surface area (Å²) in [5.41, 5.74) is -0.0194. The summed E-state index contributed by atoms with van der Waals surface area (Å²) in [6.45, 7) is 1.84. The Kier molecular flexibility index (Phi) is 4.57. The van der Waals surface area contributed by atoms with Crippen LogP contribution in [0.4, 0.5) is 0 Å². The largest absolute Gasteiger partial charge is 0.454 e. The van der Waals surface area contributed by atoms with Crippen molar-refractivity contribution in [1.82, 2.24) is 29.2 Å². The van der Waals surface area contributed by atoms with E-state index in [1.54, 1.807) is 33.9 Å². The van der Waals surface area contributed by atoms with Gasteiger partial charge in [0.1, 0.15) is 11.6 Å². The van der Waals surface area contributed by atoms with Crippen molar-refractivity contribution < 1.29 is 9.21 Å². The third-order valence-electron chi connectivity index (χ3n) is 5.66. The second-order valence-electron chi connectivity index (χ2n) is 7.97. The zero-order chi connectivity index (χ0) is 19.8. The van der Waals surface area contributed by atoms with Crippen LogP contribution in [-0.4, -0.2) is 35.8 Å². The molecule has 0 saturated heterocycles. The highest BCUT2D eigenvalue weighted by molar-refractivity contribution is 5.91. The van der Waals surface area contributed by atoms with Gasteiger partial charge in [0.2, 0.25) is 0 Å². The molecule has 3 aromatic heterocycles. The second-order valence-corrected chi connectivity index (χ2v) is 7.97. The van der Waals surface area contributed by atoms with Crippen LogP contribution in [0.3, 0.4) is 0 Å². The van der Waals surface area contributed by atoms with Crippen molar-refractivity contribution in [1.29, 1.82) is 0 Å². The Morgan fingerprint density at radius 3 is 2.93 bits per heavy atom. The molecule has 1 saturated carbocycles. The number of hydrogen-bond donors (Lipinski definition) is 1. The van der Waals surface area contributed by atoms with E-state index in [0.29, 0.717) is 43.4 Å². The Morgan fingerprint density at radius 2 is 2.14 bits per heavy atom. The maximum absolute atomic E-state index is 12.6. The van der Waals surface area contributed by atoms with Gasteiger partial charge in [0.15, 0.2) is 5.76 Å². The van der Waals surface area contributed by atoms with Gasteiger partial charge < -0.3 is 14.3 Å². The molecule has 9 heteroatoms. The molecule has 1 fully saturated rings. The van der Waals surface area contributed by atoms with Gasteiger partial charge in [-0.3, -0.25) is 9.36 Å². The summed E-state index contributed by atoms with van der Waals surface area (Å²) in [6.07, 6.45) is 9.78. The molecule has 0 radical (unpaired) electrons. The van der Waals surface area contributed by atoms with Gasteiger partial charge in [-0.25, -0.2) is 14.5 Å². The minimum absolute atomic E-state index is 0.0114. The number of carbonyl (C=O) groups is 1. The lowest BCUT2D eigenvalue weighted by molar-refractivity contribution is 0.0902. The van der Waals surface area contributed by atoms with Crippen molar-refractivity contribution in [2.24, 2.45) is 5.92 Å². The molecule has 4 heterocycles. The standard InChI is InChI=1S/C20H24N6O3/c27-19(17-5-4-16(29-17)12-24-10-8-21-13-24)22-15-3-6-18-23-26(11-14-1-2-14)20(28)25(18)9-7-15/h4-5,8,10,13-15H,1-3,6-7,9,11-12H2,(H,22,27). The van der Waals surface area contributed by atoms with Gasteiger partial charge in [0.05, 0.1) is 12.9 Å². The number of aryl methyl sites for hydroxylation is 1. The molecular weight excluding hydrogens is 372 g/mol. The van der Waals surface area contributed by atoms with E-state index in [4.69, 9.17) is 4.42 Å². The molecule has 0 spiro atoms. The summed E-state index contributed by atoms with van der Waals surface area (Å²) in [6, 6.07) is 3.49. The van der Waals surface area contributed by atoms with Gasteiger partial charge >= 0.3 is 5.69 Å². The Bertz CT molecular complexity index is 1060. The summed E-state index contributed by atoms with van der Waals surface area (Å²) in [4.78, 5) is 29.2. The van der Waals surface area contributed by atoms with Crippen LogP contribution in [0.5, 0.6) is 0 Å². The lowest BCUT2D eigenvalue weighted by atomic mass is 10.1. The molecule has 2 aliphatic rings. The Morgan fingerprint density at radius 1 is 1.24 bits per heavy atom. The summed E-state index contributed by atoms with van der Waals surface area (Å²) in [5.74, 6) is 2.22. The first-order chi connectivity index (χ1) is 14.2. The number of rotatable bonds is 6. The Labute approximate surface area is 167 Å². The number of imidazole rings is 1. The van der Waals surface area contributed by atoms with Crippen LogP contribution in [0.25, 0.3) is 0 Å². The van der Waals surface area contributed by atoms with Gasteiger partial charge in [0.25, 0.3) is 5.91 Å². The third kappa shape index (κ3) is 3.90. The molecule has 1 atom stereocenters. The van der Waals surface area contributed by atoms with Crippen molar-refractivity contribution >= 4 is 5.91 Å². The highest BCUT2D eigenvalue weighted by Crippen LogP contribution is 2.30. The van der Waals surface area contributed by atoms with E-state index in [1.165, 1.54) is 12.8 Å². The second kappa shape index (κ2) is 7.38. The van der Waals surface area contributed by atoms with E-state index < -0.39 is 0 Å². The molecule has 29 heavy (non-hydrogen) atoms. The average molecular weight is 396 g/mol. The number of nitrogens with zero attached hydrogens (tertiary/aromatic N) is 5. The molecule has 0 aromatic carbocycles. The van der Waals surface area contributed by atoms with E-state index in [9.17, 15) is 9.59 Å². The molecule has 1 amide bonds. The number of carbonyl (C=O) groups excluding carboxylic acids is 1. The number of aromatic nitrogens is 5. The summed E-state index contributed by atoms with van der Waals surface area (Å²) in [5, 5.41) is 7.58. The van der Waals surface area contributed by atoms with Gasteiger partial charge in [-0.05, 0) is 43.7 Å². The van der Waals surface area contributed by atoms with Crippen molar-refractivity contribution in [3.63, 3.8) is 0 Å². The van der Waals surface area contributed by atoms with Gasteiger partial charge in [-0.15, -0.1) is 0 Å². The van der Waals surface area contributed by atoms with Crippen LogP contribution >= 0.6 is 0 Å². The average Bonchev–Trinajstić information content (AvgIpc) is 3.09. The fraction of sp³-hybridized carbons (Fsp3) is 0.500. The molecule has 1 N–H and O–H groups in total. The SMILES string of the molecule is O=C(NC1CCc2nn(CC3CC3)c(=O)n2CC1)c1ccc(Cn2ccnc2)o1. The van der Waals surface area contributed by atoms with Crippen LogP contribution in [0.2, 0.25) is 0 Å². The number of hydrogen-bond acceptors (Lipinski definition) is 5. The molecule has 5 rings (SSSR count). The van der Waals surface area contributed by atoms with Crippen LogP contribution < -0.4 is 11.0 Å². The number of amides is 1. The fourth-order valence-corrected chi connectivity index (χ4v) is 3.84. The number of furan rings is 1. The first-order valence-electron chi connectivity index (χ1n) is 10.2. The zero-order valence-corrected chi connectivity index (χ0v) is 16.2. The molecule has 0 bridgehead atoms. The summed E-state index contributed by atoms with van der Waals surface area (Å²) < 4.78 is 11.0. The monoisotopic (exact) mass is 396 g/mol. The van der Waals surface area contributed by atoms with E-state index in [0.717, 1.165) is 18.8 Å². The maximum Gasteiger partial charge on any atom is 0.345 e. The Balaban J connectivity index is 1.19. The van der Waals surface area contributed by atoms with Gasteiger partial charge in [0, 0.05) is 37.9 Å². The van der Waals surface area contributed by atoms with Crippen molar-refractivity contribution in [2.75, 3.05) is 0 Å². The first-order valence-corrected chi connectivity index (χ1v) is 10.2. The van der Waals surface area contributed by atoms with Crippen LogP contribution in [0.1, 0.15) is 47.8 Å². The van der Waals surface area contributed by atoms with Crippen molar-refractivity contribution in [3.05, 3.63) is 58.7 Å². The first kappa shape index (κ1) is 18.0. The van der Waals surface area contributed by atoms with E-state index >= 15 is 0 Å². The number of fused-ring (bicyclic) bond motifs is 1. The van der Waals surface area contributed by atoms with Crippen LogP contribution in [0.15, 0.2) is 40.1 Å². The molecule has 3 aromatic rings. The van der Waals surface area contributed by atoms with Crippen molar-refractivity contribution in [2.45, 2.75) is 57.8 Å². The quantitative estimate of drug-likeness (QED) is 0.679. The van der Waals surface area contributed by atoms with Crippen LogP contribution in [0, 0.1) is 5.92 Å². The predicted molar refractivity (Wildman–Crippen MR) is 103 cm³/mol. The molecule has 1 aliphatic heterocycles. The number of nitrogens with one attached hydrogen (secondary N) is 1. The van der Waals surface area contributed by atoms with Gasteiger partial charge in [-0.2, -0.15) is 5.10 Å². The highest BCUT2D eigenvalue weighted by Gasteiger charge is 2.27. The lowest BCUT2D eigenvalue weighted by Crippen LogP contribution is -2.35. The Hall–Kier alpha value is -3.10. The third-order valence-corrected chi connectivity index (χ3v) is 5.66. The van der Waals surface area contributed by atoms with E-state index in [1.807, 2.05) is 10.8 Å². The zero-order valence-electron chi connectivity index (χ0n) is 16.2. The minimum Gasteiger partial charge on any atom is -0.454 e. The maximum atomic E-state index is 12.6. The summed E-state index contributed by atoms with van der Waals surface area (Å²) in [7, 11) is 0. The van der Waals surface area contributed by atoms with Crippen molar-refractivity contribution in [3.8, 4) is 0 Å². The molecular formula is C20H24N6O3. The molecule has 152 valence electrons. The molecule has 1 unspecified atom stereocenters. The van der Waals surface area contributed by atoms with E-state index in [-0.39, 0.29) is 17.6 Å². The highest BCUT2D eigenvalue weighted by atomic mass is 16.4. The van der Waals surface area contributed by atoms with E-state index in [2.05, 4.69) is 15.4 Å². The normalized spacial score (nSPS) is 19.0. The lowest BCUT2D eigenvalue weighted by Gasteiger charge is -2.15. The fourth-order valence-electron chi connectivity index (χ4n) is 3.84. The predicted octanol–water partition coefficient (Wildman–Crippen LogP) is 1.43. The van der Waals surface area contributed by atoms with Gasteiger partial charge in [-0.1, -0.05) is 0 Å². The molecule has 1 aliphatic carbocycles. The minimum atomic E-state index is -0.224. The molecule has 9 nitrogen and oxygen atoms in total. The topological polar surface area (TPSA) is 99.9 Å². The van der Waals surface area contributed by atoms with Crippen LogP contribution in [-0.2, 0) is 26.1 Å². The smallest absolute Gasteiger partial charge is 0.345 e.